The van der Waals surface area contributed by atoms with Crippen LogP contribution in [0.1, 0.15) is 42.8 Å². The maximum atomic E-state index is 11.8. The van der Waals surface area contributed by atoms with Gasteiger partial charge in [0.25, 0.3) is 5.56 Å². The zero-order valence-electron chi connectivity index (χ0n) is 16.4. The molecular formula is C21H26N6O. The highest BCUT2D eigenvalue weighted by Crippen LogP contribution is 2.27. The van der Waals surface area contributed by atoms with Gasteiger partial charge in [-0.15, -0.1) is 10.2 Å². The van der Waals surface area contributed by atoms with Gasteiger partial charge < -0.3 is 9.55 Å². The maximum absolute atomic E-state index is 11.8. The number of aromatic amines is 1. The molecule has 0 bridgehead atoms. The molecule has 0 amide bonds. The van der Waals surface area contributed by atoms with Crippen LogP contribution in [0.2, 0.25) is 0 Å². The van der Waals surface area contributed by atoms with Crippen molar-refractivity contribution in [1.82, 2.24) is 29.6 Å². The second kappa shape index (κ2) is 8.06. The van der Waals surface area contributed by atoms with Gasteiger partial charge in [0.05, 0.1) is 0 Å². The van der Waals surface area contributed by atoms with E-state index in [1.807, 2.05) is 30.7 Å². The van der Waals surface area contributed by atoms with Crippen LogP contribution in [0, 0.1) is 0 Å². The van der Waals surface area contributed by atoms with Gasteiger partial charge >= 0.3 is 0 Å². The highest BCUT2D eigenvalue weighted by molar-refractivity contribution is 5.55. The lowest BCUT2D eigenvalue weighted by Gasteiger charge is -2.31. The van der Waals surface area contributed by atoms with Crippen LogP contribution in [0.3, 0.4) is 0 Å². The first kappa shape index (κ1) is 18.6. The number of hydrogen-bond acceptors (Lipinski definition) is 5. The first-order valence-corrected chi connectivity index (χ1v) is 9.88. The van der Waals surface area contributed by atoms with Crippen molar-refractivity contribution in [2.75, 3.05) is 13.1 Å². The van der Waals surface area contributed by atoms with Crippen LogP contribution in [-0.2, 0) is 20.0 Å². The number of nitrogens with one attached hydrogen (secondary N) is 1. The standard InChI is InChI=1S/C21H26N6O/c1-3-18-12-19(28)24-20(23-18)16-6-4-15(5-7-16)13-27-10-8-17(9-11-27)21-25-22-14-26(21)2/h4-7,12,14,17H,3,8-11,13H2,1-2H3,(H,23,24,28). The van der Waals surface area contributed by atoms with Gasteiger partial charge in [-0.25, -0.2) is 4.98 Å². The third-order valence-electron chi connectivity index (χ3n) is 5.49. The van der Waals surface area contributed by atoms with Crippen molar-refractivity contribution >= 4 is 0 Å². The molecule has 28 heavy (non-hydrogen) atoms. The molecule has 3 heterocycles. The molecule has 1 saturated heterocycles. The van der Waals surface area contributed by atoms with E-state index in [1.54, 1.807) is 12.4 Å². The summed E-state index contributed by atoms with van der Waals surface area (Å²) in [5.41, 5.74) is 2.93. The molecule has 1 aliphatic rings. The Balaban J connectivity index is 1.38. The van der Waals surface area contributed by atoms with Gasteiger partial charge in [-0.2, -0.15) is 0 Å². The lowest BCUT2D eigenvalue weighted by Crippen LogP contribution is -2.33. The number of hydrogen-bond donors (Lipinski definition) is 1. The van der Waals surface area contributed by atoms with Crippen molar-refractivity contribution in [2.24, 2.45) is 7.05 Å². The van der Waals surface area contributed by atoms with Crippen LogP contribution < -0.4 is 5.56 Å². The van der Waals surface area contributed by atoms with Crippen LogP contribution in [-0.4, -0.2) is 42.7 Å². The summed E-state index contributed by atoms with van der Waals surface area (Å²) in [5.74, 6) is 2.24. The summed E-state index contributed by atoms with van der Waals surface area (Å²) in [5, 5.41) is 8.27. The molecule has 0 spiro atoms. The molecule has 4 rings (SSSR count). The van der Waals surface area contributed by atoms with E-state index in [-0.39, 0.29) is 5.56 Å². The second-order valence-electron chi connectivity index (χ2n) is 7.49. The molecular weight excluding hydrogens is 352 g/mol. The number of H-pyrrole nitrogens is 1. The number of piperidine rings is 1. The van der Waals surface area contributed by atoms with E-state index in [9.17, 15) is 4.79 Å². The minimum absolute atomic E-state index is 0.100. The van der Waals surface area contributed by atoms with E-state index in [4.69, 9.17) is 0 Å². The van der Waals surface area contributed by atoms with Crippen LogP contribution in [0.5, 0.6) is 0 Å². The number of nitrogens with zero attached hydrogens (tertiary/aromatic N) is 5. The average molecular weight is 378 g/mol. The van der Waals surface area contributed by atoms with Gasteiger partial charge in [0.2, 0.25) is 0 Å². The van der Waals surface area contributed by atoms with E-state index < -0.39 is 0 Å². The van der Waals surface area contributed by atoms with Crippen LogP contribution >= 0.6 is 0 Å². The molecule has 1 aliphatic heterocycles. The van der Waals surface area contributed by atoms with E-state index >= 15 is 0 Å². The monoisotopic (exact) mass is 378 g/mol. The molecule has 1 N–H and O–H groups in total. The number of benzene rings is 1. The lowest BCUT2D eigenvalue weighted by atomic mass is 9.95. The molecule has 0 saturated carbocycles. The molecule has 146 valence electrons. The fourth-order valence-corrected chi connectivity index (χ4v) is 3.86. The Hall–Kier alpha value is -2.80. The SMILES string of the molecule is CCc1cc(=O)[nH]c(-c2ccc(CN3CCC(c4nncn4C)CC3)cc2)n1. The Morgan fingerprint density at radius 1 is 1.18 bits per heavy atom. The quantitative estimate of drug-likeness (QED) is 0.738. The van der Waals surface area contributed by atoms with Gasteiger partial charge in [0.15, 0.2) is 0 Å². The summed E-state index contributed by atoms with van der Waals surface area (Å²) >= 11 is 0. The number of aromatic nitrogens is 5. The van der Waals surface area contributed by atoms with Crippen molar-refractivity contribution in [3.63, 3.8) is 0 Å². The average Bonchev–Trinajstić information content (AvgIpc) is 3.14. The Bertz CT molecular complexity index is 983. The number of likely N-dealkylation sites (tertiary alicyclic amines) is 1. The fraction of sp³-hybridized carbons (Fsp3) is 0.429. The van der Waals surface area contributed by atoms with Crippen molar-refractivity contribution in [3.05, 3.63) is 64.1 Å². The van der Waals surface area contributed by atoms with E-state index in [1.165, 1.54) is 5.56 Å². The van der Waals surface area contributed by atoms with Crippen molar-refractivity contribution in [3.8, 4) is 11.4 Å². The van der Waals surface area contributed by atoms with E-state index in [2.05, 4.69) is 37.2 Å². The lowest BCUT2D eigenvalue weighted by molar-refractivity contribution is 0.200. The summed E-state index contributed by atoms with van der Waals surface area (Å²) < 4.78 is 2.03. The number of rotatable bonds is 5. The zero-order valence-corrected chi connectivity index (χ0v) is 16.4. The van der Waals surface area contributed by atoms with Gasteiger partial charge in [-0.05, 0) is 37.9 Å². The Kier molecular flexibility index (Phi) is 5.34. The van der Waals surface area contributed by atoms with Gasteiger partial charge in [-0.1, -0.05) is 31.2 Å². The molecule has 0 unspecified atom stereocenters. The van der Waals surface area contributed by atoms with Crippen LogP contribution in [0.15, 0.2) is 41.5 Å². The Morgan fingerprint density at radius 3 is 2.57 bits per heavy atom. The van der Waals surface area contributed by atoms with Crippen molar-refractivity contribution in [2.45, 2.75) is 38.6 Å². The molecule has 3 aromatic rings. The molecule has 7 heteroatoms. The normalized spacial score (nSPS) is 15.8. The third kappa shape index (κ3) is 4.04. The summed E-state index contributed by atoms with van der Waals surface area (Å²) in [4.78, 5) is 21.6. The topological polar surface area (TPSA) is 79.7 Å². The molecule has 1 fully saturated rings. The smallest absolute Gasteiger partial charge is 0.251 e. The van der Waals surface area contributed by atoms with Gasteiger partial charge in [0.1, 0.15) is 18.0 Å². The largest absolute Gasteiger partial charge is 0.320 e. The first-order chi connectivity index (χ1) is 13.6. The minimum atomic E-state index is -0.100. The summed E-state index contributed by atoms with van der Waals surface area (Å²) in [7, 11) is 2.02. The van der Waals surface area contributed by atoms with E-state index in [0.717, 1.165) is 56.0 Å². The summed E-state index contributed by atoms with van der Waals surface area (Å²) in [6.45, 7) is 5.06. The van der Waals surface area contributed by atoms with E-state index in [0.29, 0.717) is 11.7 Å². The highest BCUT2D eigenvalue weighted by atomic mass is 16.1. The maximum Gasteiger partial charge on any atom is 0.251 e. The zero-order chi connectivity index (χ0) is 19.5. The van der Waals surface area contributed by atoms with Crippen molar-refractivity contribution < 1.29 is 0 Å². The van der Waals surface area contributed by atoms with Crippen LogP contribution in [0.4, 0.5) is 0 Å². The summed E-state index contributed by atoms with van der Waals surface area (Å²) in [6.07, 6.45) is 4.75. The first-order valence-electron chi connectivity index (χ1n) is 9.88. The minimum Gasteiger partial charge on any atom is -0.320 e. The van der Waals surface area contributed by atoms with Gasteiger partial charge in [0, 0.05) is 36.8 Å². The molecule has 2 aromatic heterocycles. The highest BCUT2D eigenvalue weighted by Gasteiger charge is 2.23. The molecule has 7 nitrogen and oxygen atoms in total. The van der Waals surface area contributed by atoms with Gasteiger partial charge in [-0.3, -0.25) is 9.69 Å². The summed E-state index contributed by atoms with van der Waals surface area (Å²) in [6, 6.07) is 9.90. The van der Waals surface area contributed by atoms with Crippen LogP contribution in [0.25, 0.3) is 11.4 Å². The second-order valence-corrected chi connectivity index (χ2v) is 7.49. The molecule has 0 atom stereocenters. The molecule has 0 radical (unpaired) electrons. The fourth-order valence-electron chi connectivity index (χ4n) is 3.86. The molecule has 1 aromatic carbocycles. The number of aryl methyl sites for hydroxylation is 2. The molecule has 0 aliphatic carbocycles. The predicted molar refractivity (Wildman–Crippen MR) is 108 cm³/mol. The Labute approximate surface area is 164 Å². The Morgan fingerprint density at radius 2 is 1.93 bits per heavy atom. The predicted octanol–water partition coefficient (Wildman–Crippen LogP) is 2.51. The third-order valence-corrected chi connectivity index (χ3v) is 5.49. The van der Waals surface area contributed by atoms with Crippen molar-refractivity contribution in [1.29, 1.82) is 0 Å².